The van der Waals surface area contributed by atoms with E-state index in [1.54, 1.807) is 7.05 Å². The van der Waals surface area contributed by atoms with E-state index in [9.17, 15) is 4.39 Å². The number of aromatic amines is 1. The van der Waals surface area contributed by atoms with Gasteiger partial charge in [0.15, 0.2) is 5.96 Å². The van der Waals surface area contributed by atoms with Gasteiger partial charge in [0.1, 0.15) is 5.82 Å². The minimum Gasteiger partial charge on any atom is -0.361 e. The Balaban J connectivity index is 0.00000300. The molecule has 0 unspecified atom stereocenters. The first-order valence-electron chi connectivity index (χ1n) is 9.47. The second-order valence-corrected chi connectivity index (χ2v) is 7.16. The third-order valence-corrected chi connectivity index (χ3v) is 4.59. The summed E-state index contributed by atoms with van der Waals surface area (Å²) in [5.41, 5.74) is 4.51. The zero-order chi connectivity index (χ0) is 19.9. The number of hydrogen-bond acceptors (Lipinski definition) is 2. The van der Waals surface area contributed by atoms with E-state index in [1.807, 2.05) is 12.3 Å². The van der Waals surface area contributed by atoms with Crippen LogP contribution in [0.4, 0.5) is 4.39 Å². The molecule has 0 aliphatic heterocycles. The van der Waals surface area contributed by atoms with Crippen LogP contribution < -0.4 is 10.6 Å². The number of aromatic nitrogens is 1. The minimum absolute atomic E-state index is 0. The Bertz CT molecular complexity index is 951. The first kappa shape index (κ1) is 23.2. The second-order valence-electron chi connectivity index (χ2n) is 7.16. The Morgan fingerprint density at radius 2 is 1.90 bits per heavy atom. The van der Waals surface area contributed by atoms with Crippen molar-refractivity contribution >= 4 is 40.8 Å². The molecule has 0 fully saturated rings. The van der Waals surface area contributed by atoms with Crippen LogP contribution in [0.25, 0.3) is 10.9 Å². The molecule has 0 saturated carbocycles. The van der Waals surface area contributed by atoms with Crippen molar-refractivity contribution in [2.24, 2.45) is 4.99 Å². The molecule has 0 aliphatic rings. The van der Waals surface area contributed by atoms with Gasteiger partial charge < -0.3 is 20.5 Å². The number of halogens is 2. The number of rotatable bonds is 7. The molecule has 0 radical (unpaired) electrons. The molecule has 0 aliphatic carbocycles. The molecule has 156 valence electrons. The van der Waals surface area contributed by atoms with E-state index in [0.29, 0.717) is 6.54 Å². The highest BCUT2D eigenvalue weighted by Gasteiger charge is 2.05. The maximum Gasteiger partial charge on any atom is 0.191 e. The molecular weight excluding hydrogens is 480 g/mol. The van der Waals surface area contributed by atoms with Crippen molar-refractivity contribution in [3.63, 3.8) is 0 Å². The van der Waals surface area contributed by atoms with Crippen molar-refractivity contribution in [3.8, 4) is 0 Å². The lowest BCUT2D eigenvalue weighted by atomic mass is 10.1. The van der Waals surface area contributed by atoms with Gasteiger partial charge >= 0.3 is 0 Å². The largest absolute Gasteiger partial charge is 0.361 e. The molecule has 1 aromatic heterocycles. The van der Waals surface area contributed by atoms with Crippen molar-refractivity contribution in [2.75, 3.05) is 27.7 Å². The van der Waals surface area contributed by atoms with E-state index >= 15 is 0 Å². The van der Waals surface area contributed by atoms with Crippen LogP contribution in [0.15, 0.2) is 53.7 Å². The van der Waals surface area contributed by atoms with Crippen LogP contribution in [0.1, 0.15) is 16.7 Å². The predicted molar refractivity (Wildman–Crippen MR) is 129 cm³/mol. The molecule has 7 heteroatoms. The zero-order valence-corrected chi connectivity index (χ0v) is 19.5. The molecular formula is C22H29FIN5. The minimum atomic E-state index is -0.224. The maximum atomic E-state index is 13.3. The molecule has 3 N–H and O–H groups in total. The van der Waals surface area contributed by atoms with Gasteiger partial charge in [-0.15, -0.1) is 24.0 Å². The normalized spacial score (nSPS) is 11.6. The molecule has 29 heavy (non-hydrogen) atoms. The summed E-state index contributed by atoms with van der Waals surface area (Å²) in [6.07, 6.45) is 2.77. The molecule has 0 bridgehead atoms. The highest BCUT2D eigenvalue weighted by Crippen LogP contribution is 2.19. The van der Waals surface area contributed by atoms with Gasteiger partial charge in [0, 0.05) is 43.8 Å². The number of hydrogen-bond donors (Lipinski definition) is 3. The Labute approximate surface area is 188 Å². The number of H-pyrrole nitrogens is 1. The number of benzene rings is 2. The first-order valence-corrected chi connectivity index (χ1v) is 9.47. The number of guanidine groups is 1. The SMILES string of the molecule is CN=C(NCCc1c[nH]c2cc(F)ccc12)NCc1cccc(CN(C)C)c1.I. The third-order valence-electron chi connectivity index (χ3n) is 4.59. The Morgan fingerprint density at radius 1 is 1.10 bits per heavy atom. The van der Waals surface area contributed by atoms with Crippen LogP contribution in [-0.2, 0) is 19.5 Å². The fourth-order valence-corrected chi connectivity index (χ4v) is 3.29. The molecule has 3 rings (SSSR count). The standard InChI is InChI=1S/C22H28FN5.HI/c1-24-22(27-13-16-5-4-6-17(11-16)15-28(2)3)25-10-9-18-14-26-21-12-19(23)7-8-20(18)21;/h4-8,11-12,14,26H,9-10,13,15H2,1-3H3,(H2,24,25,27);1H. The molecule has 0 atom stereocenters. The van der Waals surface area contributed by atoms with Gasteiger partial charge in [-0.1, -0.05) is 24.3 Å². The topological polar surface area (TPSA) is 55.5 Å². The maximum absolute atomic E-state index is 13.3. The Kier molecular flexibility index (Phi) is 8.91. The average molecular weight is 509 g/mol. The highest BCUT2D eigenvalue weighted by atomic mass is 127. The number of aliphatic imine (C=N–C) groups is 1. The van der Waals surface area contributed by atoms with Gasteiger partial charge in [-0.2, -0.15) is 0 Å². The second kappa shape index (κ2) is 11.2. The fraction of sp³-hybridized carbons (Fsp3) is 0.318. The Hall–Kier alpha value is -2.13. The van der Waals surface area contributed by atoms with Gasteiger partial charge in [0.2, 0.25) is 0 Å². The van der Waals surface area contributed by atoms with Gasteiger partial charge in [-0.25, -0.2) is 4.39 Å². The zero-order valence-electron chi connectivity index (χ0n) is 17.1. The van der Waals surface area contributed by atoms with Crippen LogP contribution >= 0.6 is 24.0 Å². The van der Waals surface area contributed by atoms with Crippen LogP contribution in [0.2, 0.25) is 0 Å². The van der Waals surface area contributed by atoms with E-state index in [0.717, 1.165) is 41.9 Å². The summed E-state index contributed by atoms with van der Waals surface area (Å²) in [7, 11) is 5.91. The summed E-state index contributed by atoms with van der Waals surface area (Å²) < 4.78 is 13.3. The molecule has 0 spiro atoms. The van der Waals surface area contributed by atoms with Gasteiger partial charge in [-0.3, -0.25) is 4.99 Å². The van der Waals surface area contributed by atoms with Crippen LogP contribution in [0.3, 0.4) is 0 Å². The summed E-state index contributed by atoms with van der Waals surface area (Å²) in [5.74, 6) is 0.544. The molecule has 3 aromatic rings. The monoisotopic (exact) mass is 509 g/mol. The number of fused-ring (bicyclic) bond motifs is 1. The van der Waals surface area contributed by atoms with Crippen molar-refractivity contribution in [1.82, 2.24) is 20.5 Å². The van der Waals surface area contributed by atoms with E-state index in [-0.39, 0.29) is 29.8 Å². The van der Waals surface area contributed by atoms with E-state index in [2.05, 4.69) is 63.9 Å². The fourth-order valence-electron chi connectivity index (χ4n) is 3.29. The van der Waals surface area contributed by atoms with Crippen molar-refractivity contribution in [3.05, 3.63) is 71.2 Å². The first-order chi connectivity index (χ1) is 13.5. The van der Waals surface area contributed by atoms with Gasteiger partial charge in [-0.05, 0) is 55.4 Å². The Morgan fingerprint density at radius 3 is 2.66 bits per heavy atom. The highest BCUT2D eigenvalue weighted by molar-refractivity contribution is 14.0. The smallest absolute Gasteiger partial charge is 0.191 e. The molecule has 2 aromatic carbocycles. The van der Waals surface area contributed by atoms with Gasteiger partial charge in [0.25, 0.3) is 0 Å². The molecule has 0 amide bonds. The lowest BCUT2D eigenvalue weighted by Crippen LogP contribution is -2.37. The average Bonchev–Trinajstić information content (AvgIpc) is 3.06. The van der Waals surface area contributed by atoms with Crippen molar-refractivity contribution in [1.29, 1.82) is 0 Å². The van der Waals surface area contributed by atoms with E-state index < -0.39 is 0 Å². The third kappa shape index (κ3) is 6.71. The number of nitrogens with zero attached hydrogens (tertiary/aromatic N) is 2. The number of nitrogens with one attached hydrogen (secondary N) is 3. The lowest BCUT2D eigenvalue weighted by Gasteiger charge is -2.13. The predicted octanol–water partition coefficient (Wildman–Crippen LogP) is 3.89. The van der Waals surface area contributed by atoms with Crippen molar-refractivity contribution in [2.45, 2.75) is 19.5 Å². The van der Waals surface area contributed by atoms with Crippen LogP contribution in [-0.4, -0.2) is 43.5 Å². The molecule has 1 heterocycles. The van der Waals surface area contributed by atoms with Crippen LogP contribution in [0, 0.1) is 5.82 Å². The van der Waals surface area contributed by atoms with E-state index in [1.165, 1.54) is 23.3 Å². The summed E-state index contributed by atoms with van der Waals surface area (Å²) in [6.45, 7) is 2.38. The van der Waals surface area contributed by atoms with Gasteiger partial charge in [0.05, 0.1) is 0 Å². The molecule has 0 saturated heterocycles. The quantitative estimate of drug-likeness (QED) is 0.258. The van der Waals surface area contributed by atoms with Crippen molar-refractivity contribution < 1.29 is 4.39 Å². The summed E-state index contributed by atoms with van der Waals surface area (Å²) in [4.78, 5) is 9.58. The van der Waals surface area contributed by atoms with Crippen LogP contribution in [0.5, 0.6) is 0 Å². The summed E-state index contributed by atoms with van der Waals surface area (Å²) in [5, 5.41) is 7.76. The van der Waals surface area contributed by atoms with E-state index in [4.69, 9.17) is 0 Å². The lowest BCUT2D eigenvalue weighted by molar-refractivity contribution is 0.402. The molecule has 5 nitrogen and oxygen atoms in total. The summed E-state index contributed by atoms with van der Waals surface area (Å²) in [6, 6.07) is 13.4. The summed E-state index contributed by atoms with van der Waals surface area (Å²) >= 11 is 0.